The molecule has 110 valence electrons. The van der Waals surface area contributed by atoms with Crippen molar-refractivity contribution in [2.45, 2.75) is 39.3 Å². The Morgan fingerprint density at radius 3 is 2.55 bits per heavy atom. The quantitative estimate of drug-likeness (QED) is 0.569. The summed E-state index contributed by atoms with van der Waals surface area (Å²) in [5, 5.41) is 27.1. The minimum Gasteiger partial charge on any atom is -0.392 e. The SMILES string of the molecule is CCNc1cc(NC2CC(O)C2(C)C)cc([N+](=O)[O-])c1. The van der Waals surface area contributed by atoms with Crippen molar-refractivity contribution in [3.63, 3.8) is 0 Å². The fourth-order valence-corrected chi connectivity index (χ4v) is 2.45. The van der Waals surface area contributed by atoms with E-state index in [2.05, 4.69) is 10.6 Å². The van der Waals surface area contributed by atoms with Crippen LogP contribution in [0.25, 0.3) is 0 Å². The van der Waals surface area contributed by atoms with E-state index in [1.54, 1.807) is 0 Å². The average molecular weight is 279 g/mol. The molecule has 1 aromatic carbocycles. The molecule has 2 atom stereocenters. The van der Waals surface area contributed by atoms with E-state index in [-0.39, 0.29) is 23.2 Å². The van der Waals surface area contributed by atoms with E-state index in [1.807, 2.05) is 26.8 Å². The maximum absolute atomic E-state index is 11.0. The highest BCUT2D eigenvalue weighted by Gasteiger charge is 2.47. The minimum absolute atomic E-state index is 0.0589. The number of nitrogens with zero attached hydrogens (tertiary/aromatic N) is 1. The molecule has 0 heterocycles. The lowest BCUT2D eigenvalue weighted by Crippen LogP contribution is -2.56. The van der Waals surface area contributed by atoms with Crippen LogP contribution in [0, 0.1) is 15.5 Å². The van der Waals surface area contributed by atoms with Crippen LogP contribution in [0.1, 0.15) is 27.2 Å². The van der Waals surface area contributed by atoms with Crippen LogP contribution in [-0.2, 0) is 0 Å². The smallest absolute Gasteiger partial charge is 0.273 e. The predicted molar refractivity (Wildman–Crippen MR) is 79.1 cm³/mol. The van der Waals surface area contributed by atoms with Gasteiger partial charge in [-0.05, 0) is 19.4 Å². The van der Waals surface area contributed by atoms with Crippen LogP contribution in [0.3, 0.4) is 0 Å². The summed E-state index contributed by atoms with van der Waals surface area (Å²) >= 11 is 0. The number of nitrogens with one attached hydrogen (secondary N) is 2. The monoisotopic (exact) mass is 279 g/mol. The maximum atomic E-state index is 11.0. The fraction of sp³-hybridized carbons (Fsp3) is 0.571. The molecule has 0 aliphatic heterocycles. The van der Waals surface area contributed by atoms with Gasteiger partial charge in [0.1, 0.15) is 0 Å². The van der Waals surface area contributed by atoms with Gasteiger partial charge in [-0.1, -0.05) is 13.8 Å². The summed E-state index contributed by atoms with van der Waals surface area (Å²) in [5.41, 5.74) is 1.27. The number of nitro benzene ring substituents is 1. The van der Waals surface area contributed by atoms with Gasteiger partial charge in [0.15, 0.2) is 0 Å². The normalized spacial score (nSPS) is 23.8. The molecular weight excluding hydrogens is 258 g/mol. The molecule has 2 unspecified atom stereocenters. The lowest BCUT2D eigenvalue weighted by atomic mass is 9.64. The second-order valence-corrected chi connectivity index (χ2v) is 5.83. The summed E-state index contributed by atoms with van der Waals surface area (Å²) in [6.45, 7) is 6.62. The Kier molecular flexibility index (Phi) is 3.85. The topological polar surface area (TPSA) is 87.4 Å². The van der Waals surface area contributed by atoms with Crippen LogP contribution < -0.4 is 10.6 Å². The van der Waals surface area contributed by atoms with Crippen LogP contribution in [0.5, 0.6) is 0 Å². The molecule has 1 saturated carbocycles. The molecule has 0 bridgehead atoms. The highest BCUT2D eigenvalue weighted by Crippen LogP contribution is 2.42. The molecule has 1 fully saturated rings. The van der Waals surface area contributed by atoms with E-state index in [0.717, 1.165) is 5.69 Å². The zero-order chi connectivity index (χ0) is 14.9. The third-order valence-corrected chi connectivity index (χ3v) is 4.07. The molecule has 0 saturated heterocycles. The molecule has 0 amide bonds. The van der Waals surface area contributed by atoms with Crippen LogP contribution >= 0.6 is 0 Å². The lowest BCUT2D eigenvalue weighted by Gasteiger charge is -2.49. The molecule has 1 aliphatic rings. The second kappa shape index (κ2) is 5.28. The first-order valence-electron chi connectivity index (χ1n) is 6.82. The molecule has 20 heavy (non-hydrogen) atoms. The Labute approximate surface area is 118 Å². The lowest BCUT2D eigenvalue weighted by molar-refractivity contribution is -0.384. The zero-order valence-electron chi connectivity index (χ0n) is 12.0. The van der Waals surface area contributed by atoms with Crippen molar-refractivity contribution >= 4 is 17.1 Å². The van der Waals surface area contributed by atoms with Crippen molar-refractivity contribution < 1.29 is 10.0 Å². The molecule has 1 aliphatic carbocycles. The average Bonchev–Trinajstić information content (AvgIpc) is 2.38. The number of aliphatic hydroxyl groups is 1. The van der Waals surface area contributed by atoms with Crippen molar-refractivity contribution in [3.8, 4) is 0 Å². The highest BCUT2D eigenvalue weighted by atomic mass is 16.6. The Morgan fingerprint density at radius 1 is 1.40 bits per heavy atom. The van der Waals surface area contributed by atoms with Crippen molar-refractivity contribution in [2.24, 2.45) is 5.41 Å². The number of hydrogen-bond acceptors (Lipinski definition) is 5. The van der Waals surface area contributed by atoms with E-state index in [0.29, 0.717) is 18.7 Å². The Bertz CT molecular complexity index is 516. The number of benzene rings is 1. The van der Waals surface area contributed by atoms with Gasteiger partial charge in [-0.25, -0.2) is 0 Å². The van der Waals surface area contributed by atoms with Gasteiger partial charge in [0.2, 0.25) is 0 Å². The largest absolute Gasteiger partial charge is 0.392 e. The van der Waals surface area contributed by atoms with E-state index >= 15 is 0 Å². The summed E-state index contributed by atoms with van der Waals surface area (Å²) in [6, 6.07) is 5.03. The predicted octanol–water partition coefficient (Wildman–Crippen LogP) is 2.60. The summed E-state index contributed by atoms with van der Waals surface area (Å²) < 4.78 is 0. The number of non-ortho nitro benzene ring substituents is 1. The van der Waals surface area contributed by atoms with Gasteiger partial charge in [-0.3, -0.25) is 10.1 Å². The summed E-state index contributed by atoms with van der Waals surface area (Å²) in [7, 11) is 0. The molecule has 1 aromatic rings. The first kappa shape index (κ1) is 14.6. The maximum Gasteiger partial charge on any atom is 0.273 e. The van der Waals surface area contributed by atoms with Crippen molar-refractivity contribution in [1.82, 2.24) is 0 Å². The van der Waals surface area contributed by atoms with E-state index < -0.39 is 4.92 Å². The fourth-order valence-electron chi connectivity index (χ4n) is 2.45. The zero-order valence-corrected chi connectivity index (χ0v) is 12.0. The van der Waals surface area contributed by atoms with Gasteiger partial charge in [0, 0.05) is 41.5 Å². The minimum atomic E-state index is -0.396. The number of hydrogen-bond donors (Lipinski definition) is 3. The first-order chi connectivity index (χ1) is 9.34. The Morgan fingerprint density at radius 2 is 2.05 bits per heavy atom. The summed E-state index contributed by atoms with van der Waals surface area (Å²) in [5.74, 6) is 0. The summed E-state index contributed by atoms with van der Waals surface area (Å²) in [6.07, 6.45) is 0.332. The Balaban J connectivity index is 2.21. The standard InChI is InChI=1S/C14H21N3O3/c1-4-15-9-5-10(7-11(6-9)17(19)20)16-12-8-13(18)14(12,2)3/h5-7,12-13,15-16,18H,4,8H2,1-3H3. The van der Waals surface area contributed by atoms with Gasteiger partial charge in [-0.15, -0.1) is 0 Å². The third-order valence-electron chi connectivity index (χ3n) is 4.07. The van der Waals surface area contributed by atoms with E-state index in [4.69, 9.17) is 0 Å². The van der Waals surface area contributed by atoms with Crippen LogP contribution in [0.4, 0.5) is 17.1 Å². The Hall–Kier alpha value is -1.82. The molecule has 2 rings (SSSR count). The van der Waals surface area contributed by atoms with Gasteiger partial charge >= 0.3 is 0 Å². The molecule has 0 aromatic heterocycles. The van der Waals surface area contributed by atoms with Crippen LogP contribution in [0.2, 0.25) is 0 Å². The second-order valence-electron chi connectivity index (χ2n) is 5.83. The van der Waals surface area contributed by atoms with Crippen LogP contribution in [0.15, 0.2) is 18.2 Å². The molecule has 6 heteroatoms. The third kappa shape index (κ3) is 2.70. The van der Waals surface area contributed by atoms with Gasteiger partial charge in [-0.2, -0.15) is 0 Å². The number of nitro groups is 1. The van der Waals surface area contributed by atoms with Crippen LogP contribution in [-0.4, -0.2) is 28.7 Å². The van der Waals surface area contributed by atoms with Gasteiger partial charge in [0.25, 0.3) is 5.69 Å². The highest BCUT2D eigenvalue weighted by molar-refractivity contribution is 5.64. The number of aliphatic hydroxyl groups excluding tert-OH is 1. The van der Waals surface area contributed by atoms with Crippen molar-refractivity contribution in [1.29, 1.82) is 0 Å². The number of rotatable bonds is 5. The molecule has 0 radical (unpaired) electrons. The first-order valence-corrected chi connectivity index (χ1v) is 6.82. The molecule has 6 nitrogen and oxygen atoms in total. The summed E-state index contributed by atoms with van der Waals surface area (Å²) in [4.78, 5) is 10.6. The van der Waals surface area contributed by atoms with Gasteiger partial charge < -0.3 is 15.7 Å². The molecule has 0 spiro atoms. The van der Waals surface area contributed by atoms with Crippen molar-refractivity contribution in [3.05, 3.63) is 28.3 Å². The van der Waals surface area contributed by atoms with E-state index in [1.165, 1.54) is 12.1 Å². The molecule has 3 N–H and O–H groups in total. The van der Waals surface area contributed by atoms with E-state index in [9.17, 15) is 15.2 Å². The number of anilines is 2. The van der Waals surface area contributed by atoms with Crippen molar-refractivity contribution in [2.75, 3.05) is 17.2 Å². The molecular formula is C14H21N3O3. The van der Waals surface area contributed by atoms with Gasteiger partial charge in [0.05, 0.1) is 11.0 Å².